The number of hydrogen-bond donors (Lipinski definition) is 1. The highest BCUT2D eigenvalue weighted by molar-refractivity contribution is 5.96. The number of allylic oxidation sites excluding steroid dienone is 1. The highest BCUT2D eigenvalue weighted by Crippen LogP contribution is 2.30. The van der Waals surface area contributed by atoms with E-state index in [-0.39, 0.29) is 11.5 Å². The van der Waals surface area contributed by atoms with Crippen LogP contribution in [0.4, 0.5) is 11.4 Å². The number of nitrogens with one attached hydrogen (secondary N) is 1. The van der Waals surface area contributed by atoms with Gasteiger partial charge in [-0.2, -0.15) is 10.5 Å². The van der Waals surface area contributed by atoms with Crippen LogP contribution in [0.1, 0.15) is 18.9 Å². The normalized spacial score (nSPS) is 12.9. The summed E-state index contributed by atoms with van der Waals surface area (Å²) in [7, 11) is 0. The quantitative estimate of drug-likeness (QED) is 0.851. The van der Waals surface area contributed by atoms with Crippen molar-refractivity contribution in [1.82, 2.24) is 0 Å². The van der Waals surface area contributed by atoms with Gasteiger partial charge in [-0.1, -0.05) is 0 Å². The first-order valence-electron chi connectivity index (χ1n) is 6.39. The van der Waals surface area contributed by atoms with Crippen LogP contribution in [0.2, 0.25) is 0 Å². The Labute approximate surface area is 117 Å². The number of carbonyl (C=O) groups excluding carboxylic acids is 1. The van der Waals surface area contributed by atoms with Gasteiger partial charge >= 0.3 is 0 Å². The second-order valence-corrected chi connectivity index (χ2v) is 4.41. The second kappa shape index (κ2) is 5.90. The summed E-state index contributed by atoms with van der Waals surface area (Å²) in [4.78, 5) is 13.6. The van der Waals surface area contributed by atoms with Crippen LogP contribution >= 0.6 is 0 Å². The standard InChI is InChI=1S/C15H14N4O/c1-2-19-14-5-4-13(18-10-11(8-16)9-17)7-12(14)3-6-15(19)20/h4-5,7,10,18H,2-3,6H2,1H3. The molecule has 0 saturated heterocycles. The third kappa shape index (κ3) is 2.62. The van der Waals surface area contributed by atoms with E-state index in [2.05, 4.69) is 5.32 Å². The maximum Gasteiger partial charge on any atom is 0.227 e. The van der Waals surface area contributed by atoms with Crippen LogP contribution in [-0.4, -0.2) is 12.5 Å². The van der Waals surface area contributed by atoms with E-state index in [1.54, 1.807) is 17.0 Å². The Hall–Kier alpha value is -2.79. The molecule has 1 heterocycles. The van der Waals surface area contributed by atoms with Gasteiger partial charge in [0.1, 0.15) is 17.7 Å². The van der Waals surface area contributed by atoms with Crippen molar-refractivity contribution in [2.75, 3.05) is 16.8 Å². The van der Waals surface area contributed by atoms with E-state index in [4.69, 9.17) is 10.5 Å². The molecular weight excluding hydrogens is 252 g/mol. The van der Waals surface area contributed by atoms with Crippen molar-refractivity contribution in [2.24, 2.45) is 0 Å². The molecule has 5 nitrogen and oxygen atoms in total. The molecule has 0 aromatic heterocycles. The third-order valence-corrected chi connectivity index (χ3v) is 3.22. The molecule has 1 aromatic rings. The average Bonchev–Trinajstić information content (AvgIpc) is 2.48. The number of nitrogens with zero attached hydrogens (tertiary/aromatic N) is 3. The Bertz CT molecular complexity index is 633. The lowest BCUT2D eigenvalue weighted by Gasteiger charge is -2.28. The van der Waals surface area contributed by atoms with Crippen molar-refractivity contribution in [2.45, 2.75) is 19.8 Å². The van der Waals surface area contributed by atoms with Crippen molar-refractivity contribution >= 4 is 17.3 Å². The summed E-state index contributed by atoms with van der Waals surface area (Å²) in [5.74, 6) is 0.150. The number of aryl methyl sites for hydroxylation is 1. The number of rotatable bonds is 3. The summed E-state index contributed by atoms with van der Waals surface area (Å²) in [6, 6.07) is 9.26. The minimum absolute atomic E-state index is 0.0214. The van der Waals surface area contributed by atoms with Crippen LogP contribution in [-0.2, 0) is 11.2 Å². The van der Waals surface area contributed by atoms with Gasteiger partial charge in [-0.15, -0.1) is 0 Å². The Morgan fingerprint density at radius 1 is 1.40 bits per heavy atom. The molecule has 1 aliphatic rings. The van der Waals surface area contributed by atoms with Crippen LogP contribution < -0.4 is 10.2 Å². The van der Waals surface area contributed by atoms with Crippen molar-refractivity contribution in [1.29, 1.82) is 10.5 Å². The van der Waals surface area contributed by atoms with E-state index in [1.807, 2.05) is 25.1 Å². The van der Waals surface area contributed by atoms with Gasteiger partial charge in [-0.25, -0.2) is 0 Å². The predicted octanol–water partition coefficient (Wildman–Crippen LogP) is 2.33. The Morgan fingerprint density at radius 2 is 2.15 bits per heavy atom. The molecule has 0 unspecified atom stereocenters. The zero-order chi connectivity index (χ0) is 14.5. The van der Waals surface area contributed by atoms with E-state index in [1.165, 1.54) is 6.20 Å². The van der Waals surface area contributed by atoms with Gasteiger partial charge in [0, 0.05) is 30.5 Å². The Balaban J connectivity index is 2.26. The van der Waals surface area contributed by atoms with Crippen LogP contribution in [0.3, 0.4) is 0 Å². The summed E-state index contributed by atoms with van der Waals surface area (Å²) in [5, 5.41) is 20.3. The monoisotopic (exact) mass is 266 g/mol. The van der Waals surface area contributed by atoms with Gasteiger partial charge in [-0.3, -0.25) is 4.79 Å². The first-order chi connectivity index (χ1) is 9.69. The number of amides is 1. The second-order valence-electron chi connectivity index (χ2n) is 4.41. The number of benzene rings is 1. The summed E-state index contributed by atoms with van der Waals surface area (Å²) in [6.45, 7) is 2.61. The first kappa shape index (κ1) is 13.6. The molecule has 0 spiro atoms. The average molecular weight is 266 g/mol. The molecular formula is C15H14N4O. The topological polar surface area (TPSA) is 79.9 Å². The van der Waals surface area contributed by atoms with Crippen LogP contribution in [0.15, 0.2) is 30.0 Å². The summed E-state index contributed by atoms with van der Waals surface area (Å²) >= 11 is 0. The molecule has 0 bridgehead atoms. The van der Waals surface area contributed by atoms with Gasteiger partial charge < -0.3 is 10.2 Å². The van der Waals surface area contributed by atoms with Gasteiger partial charge in [0.25, 0.3) is 0 Å². The van der Waals surface area contributed by atoms with Gasteiger partial charge in [-0.05, 0) is 37.1 Å². The Kier molecular flexibility index (Phi) is 4.02. The largest absolute Gasteiger partial charge is 0.360 e. The maximum absolute atomic E-state index is 11.8. The van der Waals surface area contributed by atoms with E-state index >= 15 is 0 Å². The lowest BCUT2D eigenvalue weighted by atomic mass is 10.0. The zero-order valence-electron chi connectivity index (χ0n) is 11.2. The smallest absolute Gasteiger partial charge is 0.227 e. The number of hydrogen-bond acceptors (Lipinski definition) is 4. The molecule has 100 valence electrons. The molecule has 1 aliphatic heterocycles. The molecule has 1 aromatic carbocycles. The van der Waals surface area contributed by atoms with E-state index in [0.29, 0.717) is 19.4 Å². The fourth-order valence-electron chi connectivity index (χ4n) is 2.24. The molecule has 0 atom stereocenters. The zero-order valence-corrected chi connectivity index (χ0v) is 11.2. The number of nitriles is 2. The third-order valence-electron chi connectivity index (χ3n) is 3.22. The van der Waals surface area contributed by atoms with Crippen molar-refractivity contribution < 1.29 is 4.79 Å². The highest BCUT2D eigenvalue weighted by atomic mass is 16.2. The molecule has 20 heavy (non-hydrogen) atoms. The minimum Gasteiger partial charge on any atom is -0.360 e. The molecule has 1 amide bonds. The van der Waals surface area contributed by atoms with Gasteiger partial charge in [0.15, 0.2) is 0 Å². The number of fused-ring (bicyclic) bond motifs is 1. The lowest BCUT2D eigenvalue weighted by Crippen LogP contribution is -2.34. The first-order valence-corrected chi connectivity index (χ1v) is 6.39. The van der Waals surface area contributed by atoms with E-state index < -0.39 is 0 Å². The van der Waals surface area contributed by atoms with Crippen molar-refractivity contribution in [3.8, 4) is 12.1 Å². The molecule has 5 heteroatoms. The van der Waals surface area contributed by atoms with E-state index in [9.17, 15) is 4.79 Å². The van der Waals surface area contributed by atoms with Crippen molar-refractivity contribution in [3.05, 3.63) is 35.5 Å². The molecule has 0 radical (unpaired) electrons. The lowest BCUT2D eigenvalue weighted by molar-refractivity contribution is -0.118. The fourth-order valence-corrected chi connectivity index (χ4v) is 2.24. The molecule has 0 aliphatic carbocycles. The van der Waals surface area contributed by atoms with Gasteiger partial charge in [0.2, 0.25) is 5.91 Å². The van der Waals surface area contributed by atoms with Crippen LogP contribution in [0.5, 0.6) is 0 Å². The summed E-state index contributed by atoms with van der Waals surface area (Å²) < 4.78 is 0. The highest BCUT2D eigenvalue weighted by Gasteiger charge is 2.22. The number of anilines is 2. The predicted molar refractivity (Wildman–Crippen MR) is 75.7 cm³/mol. The van der Waals surface area contributed by atoms with Crippen LogP contribution in [0, 0.1) is 22.7 Å². The van der Waals surface area contributed by atoms with Gasteiger partial charge in [0.05, 0.1) is 0 Å². The minimum atomic E-state index is 0.0214. The summed E-state index contributed by atoms with van der Waals surface area (Å²) in [5.41, 5.74) is 2.87. The molecule has 0 fully saturated rings. The maximum atomic E-state index is 11.8. The van der Waals surface area contributed by atoms with E-state index in [0.717, 1.165) is 16.9 Å². The Morgan fingerprint density at radius 3 is 2.80 bits per heavy atom. The number of carbonyl (C=O) groups is 1. The van der Waals surface area contributed by atoms with Crippen LogP contribution in [0.25, 0.3) is 0 Å². The molecule has 0 saturated carbocycles. The molecule has 2 rings (SSSR count). The fraction of sp³-hybridized carbons (Fsp3) is 0.267. The van der Waals surface area contributed by atoms with Crippen molar-refractivity contribution in [3.63, 3.8) is 0 Å². The SMILES string of the molecule is CCN1C(=O)CCc2cc(NC=C(C#N)C#N)ccc21. The summed E-state index contributed by atoms with van der Waals surface area (Å²) in [6.07, 6.45) is 2.61. The molecule has 1 N–H and O–H groups in total.